The van der Waals surface area contributed by atoms with Crippen LogP contribution < -0.4 is 0 Å². The summed E-state index contributed by atoms with van der Waals surface area (Å²) in [7, 11) is 0. The number of aliphatic imine (C=N–C) groups is 1. The molecule has 0 saturated carbocycles. The second-order valence-corrected chi connectivity index (χ2v) is 5.62. The molecule has 0 aromatic heterocycles. The second kappa shape index (κ2) is 4.06. The van der Waals surface area contributed by atoms with Gasteiger partial charge in [-0.25, -0.2) is 0 Å². The van der Waals surface area contributed by atoms with E-state index in [9.17, 15) is 0 Å². The van der Waals surface area contributed by atoms with Gasteiger partial charge in [0.25, 0.3) is 0 Å². The average molecular weight is 247 g/mol. The molecule has 0 fully saturated rings. The van der Waals surface area contributed by atoms with E-state index >= 15 is 0 Å². The zero-order chi connectivity index (χ0) is 12.7. The van der Waals surface area contributed by atoms with Gasteiger partial charge < -0.3 is 0 Å². The Labute approximate surface area is 114 Å². The third kappa shape index (κ3) is 1.51. The van der Waals surface area contributed by atoms with Crippen LogP contribution in [0.2, 0.25) is 0 Å². The summed E-state index contributed by atoms with van der Waals surface area (Å²) in [5.74, 6) is 0. The lowest BCUT2D eigenvalue weighted by molar-refractivity contribution is 0.497. The fraction of sp³-hybridized carbons (Fsp3) is 0.278. The van der Waals surface area contributed by atoms with E-state index in [-0.39, 0.29) is 5.41 Å². The molecule has 2 aromatic carbocycles. The minimum absolute atomic E-state index is 0.142. The molecule has 0 saturated heterocycles. The van der Waals surface area contributed by atoms with Gasteiger partial charge in [-0.05, 0) is 36.0 Å². The smallest absolute Gasteiger partial charge is 0.0532 e. The van der Waals surface area contributed by atoms with Crippen LogP contribution in [0.4, 0.5) is 0 Å². The summed E-state index contributed by atoms with van der Waals surface area (Å²) in [4.78, 5) is 4.90. The van der Waals surface area contributed by atoms with Crippen molar-refractivity contribution in [3.8, 4) is 0 Å². The van der Waals surface area contributed by atoms with E-state index < -0.39 is 0 Å². The molecular weight excluding hydrogens is 230 g/mol. The second-order valence-electron chi connectivity index (χ2n) is 5.62. The Balaban J connectivity index is 1.94. The number of fused-ring (bicyclic) bond motifs is 3. The van der Waals surface area contributed by atoms with E-state index in [2.05, 4.69) is 54.6 Å². The maximum Gasteiger partial charge on any atom is 0.0532 e. The van der Waals surface area contributed by atoms with E-state index in [1.165, 1.54) is 35.2 Å². The summed E-state index contributed by atoms with van der Waals surface area (Å²) in [5.41, 5.74) is 5.76. The van der Waals surface area contributed by atoms with Crippen molar-refractivity contribution < 1.29 is 0 Å². The predicted octanol–water partition coefficient (Wildman–Crippen LogP) is 3.76. The molecule has 0 N–H and O–H groups in total. The van der Waals surface area contributed by atoms with Crippen LogP contribution in [0.3, 0.4) is 0 Å². The molecule has 1 unspecified atom stereocenters. The number of hydrogen-bond acceptors (Lipinski definition) is 1. The molecule has 0 amide bonds. The lowest BCUT2D eigenvalue weighted by atomic mass is 9.72. The van der Waals surface area contributed by atoms with E-state index in [1.54, 1.807) is 0 Å². The normalized spacial score (nSPS) is 24.5. The van der Waals surface area contributed by atoms with Crippen LogP contribution in [-0.4, -0.2) is 12.3 Å². The Morgan fingerprint density at radius 2 is 1.68 bits per heavy atom. The highest BCUT2D eigenvalue weighted by molar-refractivity contribution is 6.12. The fourth-order valence-electron chi connectivity index (χ4n) is 3.73. The fourth-order valence-corrected chi connectivity index (χ4v) is 3.73. The molecule has 1 aliphatic carbocycles. The van der Waals surface area contributed by atoms with Gasteiger partial charge in [0.05, 0.1) is 5.71 Å². The first-order valence-electron chi connectivity index (χ1n) is 7.09. The van der Waals surface area contributed by atoms with Crippen LogP contribution >= 0.6 is 0 Å². The zero-order valence-corrected chi connectivity index (χ0v) is 11.0. The summed E-state index contributed by atoms with van der Waals surface area (Å²) in [6.07, 6.45) is 3.54. The molecule has 94 valence electrons. The van der Waals surface area contributed by atoms with Gasteiger partial charge in [0.15, 0.2) is 0 Å². The van der Waals surface area contributed by atoms with Crippen molar-refractivity contribution in [1.82, 2.24) is 0 Å². The standard InChI is InChI=1S/C18H17N/c1-2-8-15(9-3-1)18-11-6-12-19-17(18)16-10-5-4-7-14(16)13-18/h1-5,7-10H,6,11-13H2. The molecule has 1 aliphatic heterocycles. The summed E-state index contributed by atoms with van der Waals surface area (Å²) >= 11 is 0. The third-order valence-electron chi connectivity index (χ3n) is 4.58. The molecule has 1 nitrogen and oxygen atoms in total. The Morgan fingerprint density at radius 1 is 0.895 bits per heavy atom. The van der Waals surface area contributed by atoms with Gasteiger partial charge in [0.2, 0.25) is 0 Å². The minimum atomic E-state index is 0.142. The summed E-state index contributed by atoms with van der Waals surface area (Å²) in [6.45, 7) is 0.984. The van der Waals surface area contributed by atoms with Crippen molar-refractivity contribution in [1.29, 1.82) is 0 Å². The predicted molar refractivity (Wildman–Crippen MR) is 78.9 cm³/mol. The largest absolute Gasteiger partial charge is 0.288 e. The van der Waals surface area contributed by atoms with Crippen molar-refractivity contribution in [3.05, 3.63) is 71.3 Å². The Bertz CT molecular complexity index is 642. The van der Waals surface area contributed by atoms with Crippen LogP contribution in [0.5, 0.6) is 0 Å². The van der Waals surface area contributed by atoms with E-state index in [0.29, 0.717) is 0 Å². The van der Waals surface area contributed by atoms with Crippen LogP contribution in [0.15, 0.2) is 59.6 Å². The molecule has 2 aliphatic rings. The topological polar surface area (TPSA) is 12.4 Å². The van der Waals surface area contributed by atoms with Gasteiger partial charge in [0, 0.05) is 12.0 Å². The molecule has 0 radical (unpaired) electrons. The molecule has 19 heavy (non-hydrogen) atoms. The first-order chi connectivity index (χ1) is 9.40. The molecule has 1 atom stereocenters. The van der Waals surface area contributed by atoms with E-state index in [1.807, 2.05) is 0 Å². The van der Waals surface area contributed by atoms with E-state index in [0.717, 1.165) is 13.0 Å². The molecule has 2 aromatic rings. The highest BCUT2D eigenvalue weighted by atomic mass is 14.8. The van der Waals surface area contributed by atoms with Gasteiger partial charge in [-0.1, -0.05) is 54.6 Å². The monoisotopic (exact) mass is 247 g/mol. The summed E-state index contributed by atoms with van der Waals surface area (Å²) < 4.78 is 0. The lowest BCUT2D eigenvalue weighted by Gasteiger charge is -2.33. The van der Waals surface area contributed by atoms with Gasteiger partial charge in [0.1, 0.15) is 0 Å². The lowest BCUT2D eigenvalue weighted by Crippen LogP contribution is -2.36. The van der Waals surface area contributed by atoms with Crippen LogP contribution in [-0.2, 0) is 11.8 Å². The summed E-state index contributed by atoms with van der Waals surface area (Å²) in [6, 6.07) is 19.7. The zero-order valence-electron chi connectivity index (χ0n) is 11.0. The summed E-state index contributed by atoms with van der Waals surface area (Å²) in [5, 5.41) is 0. The van der Waals surface area contributed by atoms with Crippen LogP contribution in [0.1, 0.15) is 29.5 Å². The van der Waals surface area contributed by atoms with Crippen LogP contribution in [0.25, 0.3) is 0 Å². The average Bonchev–Trinajstić information content (AvgIpc) is 2.84. The van der Waals surface area contributed by atoms with Crippen molar-refractivity contribution in [2.75, 3.05) is 6.54 Å². The SMILES string of the molecule is c1ccc(C23CCCN=C2c2ccccc2C3)cc1. The molecule has 0 spiro atoms. The number of rotatable bonds is 1. The van der Waals surface area contributed by atoms with Gasteiger partial charge in [-0.3, -0.25) is 4.99 Å². The highest BCUT2D eigenvalue weighted by Gasteiger charge is 2.45. The highest BCUT2D eigenvalue weighted by Crippen LogP contribution is 2.45. The van der Waals surface area contributed by atoms with Gasteiger partial charge >= 0.3 is 0 Å². The maximum atomic E-state index is 4.90. The number of nitrogens with zero attached hydrogens (tertiary/aromatic N) is 1. The first-order valence-corrected chi connectivity index (χ1v) is 7.09. The van der Waals surface area contributed by atoms with Crippen LogP contribution in [0, 0.1) is 0 Å². The van der Waals surface area contributed by atoms with Crippen molar-refractivity contribution >= 4 is 5.71 Å². The molecular formula is C18H17N. The van der Waals surface area contributed by atoms with Gasteiger partial charge in [-0.15, -0.1) is 0 Å². The first kappa shape index (κ1) is 11.0. The van der Waals surface area contributed by atoms with Gasteiger partial charge in [-0.2, -0.15) is 0 Å². The maximum absolute atomic E-state index is 4.90. The quantitative estimate of drug-likeness (QED) is 0.727. The molecule has 1 heterocycles. The van der Waals surface area contributed by atoms with Crippen molar-refractivity contribution in [3.63, 3.8) is 0 Å². The molecule has 1 heteroatoms. The molecule has 0 bridgehead atoms. The number of benzene rings is 2. The minimum Gasteiger partial charge on any atom is -0.288 e. The molecule has 4 rings (SSSR count). The number of hydrogen-bond donors (Lipinski definition) is 0. The van der Waals surface area contributed by atoms with Crippen molar-refractivity contribution in [2.24, 2.45) is 4.99 Å². The Morgan fingerprint density at radius 3 is 2.58 bits per heavy atom. The van der Waals surface area contributed by atoms with Crippen molar-refractivity contribution in [2.45, 2.75) is 24.7 Å². The van der Waals surface area contributed by atoms with E-state index in [4.69, 9.17) is 4.99 Å². The third-order valence-corrected chi connectivity index (χ3v) is 4.58. The Kier molecular flexibility index (Phi) is 2.34. The Hall–Kier alpha value is -1.89.